The fraction of sp³-hybridized carbons (Fsp3) is 0.158. The van der Waals surface area contributed by atoms with Gasteiger partial charge in [0.1, 0.15) is 0 Å². The van der Waals surface area contributed by atoms with Crippen molar-refractivity contribution in [1.82, 2.24) is 9.78 Å². The summed E-state index contributed by atoms with van der Waals surface area (Å²) in [5, 5.41) is 7.23. The fourth-order valence-corrected chi connectivity index (χ4v) is 3.56. The smallest absolute Gasteiger partial charge is 0.338 e. The summed E-state index contributed by atoms with van der Waals surface area (Å²) in [4.78, 5) is 11.7. The number of aromatic nitrogens is 2. The molecule has 3 aromatic rings. The number of hydrogen-bond acceptors (Lipinski definition) is 6. The predicted octanol–water partition coefficient (Wildman–Crippen LogP) is 3.14. The summed E-state index contributed by atoms with van der Waals surface area (Å²) in [7, 11) is -1.99. The quantitative estimate of drug-likeness (QED) is 0.591. The van der Waals surface area contributed by atoms with E-state index in [1.54, 1.807) is 36.0 Å². The molecule has 0 unspecified atom stereocenters. The van der Waals surface area contributed by atoms with Crippen molar-refractivity contribution in [3.05, 3.63) is 66.5 Å². The standard InChI is InChI=1S/C19H20N4O4S/c1-3-27-19(24)14-7-9-18(10-8-14)28(25,26)22-16-6-4-5-15(11-16)21-17-12-20-23(2)13-17/h4-13,21-22H,3H2,1-2H3. The molecule has 2 aromatic carbocycles. The number of carbonyl (C=O) groups excluding carboxylic acids is 1. The van der Waals surface area contributed by atoms with Gasteiger partial charge < -0.3 is 10.1 Å². The van der Waals surface area contributed by atoms with Crippen LogP contribution in [0.3, 0.4) is 0 Å². The van der Waals surface area contributed by atoms with Crippen molar-refractivity contribution in [1.29, 1.82) is 0 Å². The zero-order chi connectivity index (χ0) is 20.1. The molecule has 3 rings (SSSR count). The molecule has 2 N–H and O–H groups in total. The Labute approximate surface area is 163 Å². The van der Waals surface area contributed by atoms with Crippen LogP contribution in [0.5, 0.6) is 0 Å². The lowest BCUT2D eigenvalue weighted by Gasteiger charge is -2.11. The Morgan fingerprint density at radius 3 is 2.46 bits per heavy atom. The zero-order valence-electron chi connectivity index (χ0n) is 15.4. The second kappa shape index (κ2) is 8.13. The van der Waals surface area contributed by atoms with Gasteiger partial charge in [-0.15, -0.1) is 0 Å². The Bertz CT molecular complexity index is 1080. The van der Waals surface area contributed by atoms with Crippen LogP contribution in [-0.2, 0) is 21.8 Å². The van der Waals surface area contributed by atoms with Gasteiger partial charge in [0.05, 0.1) is 34.6 Å². The molecular formula is C19H20N4O4S. The SMILES string of the molecule is CCOC(=O)c1ccc(S(=O)(=O)Nc2cccc(Nc3cnn(C)c3)c2)cc1. The molecule has 0 aliphatic heterocycles. The van der Waals surface area contributed by atoms with Crippen LogP contribution in [0, 0.1) is 0 Å². The van der Waals surface area contributed by atoms with Crippen LogP contribution in [0.1, 0.15) is 17.3 Å². The molecule has 0 aliphatic carbocycles. The van der Waals surface area contributed by atoms with Gasteiger partial charge in [-0.1, -0.05) is 6.07 Å². The van der Waals surface area contributed by atoms with Gasteiger partial charge in [0.25, 0.3) is 10.0 Å². The van der Waals surface area contributed by atoms with Crippen LogP contribution in [0.4, 0.5) is 17.1 Å². The number of benzene rings is 2. The summed E-state index contributed by atoms with van der Waals surface area (Å²) < 4.78 is 34.3. The highest BCUT2D eigenvalue weighted by atomic mass is 32.2. The largest absolute Gasteiger partial charge is 0.462 e. The molecule has 0 radical (unpaired) electrons. The van der Waals surface area contributed by atoms with Crippen LogP contribution >= 0.6 is 0 Å². The second-order valence-corrected chi connectivity index (χ2v) is 7.64. The fourth-order valence-electron chi connectivity index (χ4n) is 2.51. The van der Waals surface area contributed by atoms with Gasteiger partial charge in [-0.3, -0.25) is 9.40 Å². The Kier molecular flexibility index (Phi) is 5.65. The molecule has 146 valence electrons. The number of nitrogens with zero attached hydrogens (tertiary/aromatic N) is 2. The first kappa shape index (κ1) is 19.4. The third-order valence-electron chi connectivity index (χ3n) is 3.78. The van der Waals surface area contributed by atoms with E-state index in [1.165, 1.54) is 24.3 Å². The molecule has 8 nitrogen and oxygen atoms in total. The second-order valence-electron chi connectivity index (χ2n) is 5.96. The normalized spacial score (nSPS) is 11.1. The lowest BCUT2D eigenvalue weighted by Crippen LogP contribution is -2.13. The average Bonchev–Trinajstić information content (AvgIpc) is 3.06. The Morgan fingerprint density at radius 2 is 1.82 bits per heavy atom. The minimum absolute atomic E-state index is 0.0474. The summed E-state index contributed by atoms with van der Waals surface area (Å²) in [6.45, 7) is 1.96. The van der Waals surface area contributed by atoms with E-state index in [0.717, 1.165) is 5.69 Å². The zero-order valence-corrected chi connectivity index (χ0v) is 16.2. The molecule has 0 saturated carbocycles. The minimum Gasteiger partial charge on any atom is -0.462 e. The molecule has 1 heterocycles. The first-order chi connectivity index (χ1) is 13.4. The van der Waals surface area contributed by atoms with E-state index in [0.29, 0.717) is 16.9 Å². The van der Waals surface area contributed by atoms with Crippen LogP contribution in [0.2, 0.25) is 0 Å². The highest BCUT2D eigenvalue weighted by molar-refractivity contribution is 7.92. The Morgan fingerprint density at radius 1 is 1.11 bits per heavy atom. The van der Waals surface area contributed by atoms with Gasteiger partial charge in [0, 0.05) is 18.9 Å². The van der Waals surface area contributed by atoms with Crippen molar-refractivity contribution in [2.75, 3.05) is 16.6 Å². The molecule has 9 heteroatoms. The number of nitrogens with one attached hydrogen (secondary N) is 2. The molecule has 0 bridgehead atoms. The van der Waals surface area contributed by atoms with Crippen molar-refractivity contribution < 1.29 is 17.9 Å². The van der Waals surface area contributed by atoms with Crippen molar-refractivity contribution in [3.8, 4) is 0 Å². The van der Waals surface area contributed by atoms with E-state index in [-0.39, 0.29) is 11.5 Å². The Balaban J connectivity index is 1.75. The van der Waals surface area contributed by atoms with Gasteiger partial charge >= 0.3 is 5.97 Å². The van der Waals surface area contributed by atoms with Gasteiger partial charge in [0.2, 0.25) is 0 Å². The molecule has 0 fully saturated rings. The van der Waals surface area contributed by atoms with Gasteiger partial charge in [-0.2, -0.15) is 5.10 Å². The van der Waals surface area contributed by atoms with E-state index < -0.39 is 16.0 Å². The summed E-state index contributed by atoms with van der Waals surface area (Å²) in [5.41, 5.74) is 2.20. The third kappa shape index (κ3) is 4.68. The van der Waals surface area contributed by atoms with Crippen molar-refractivity contribution in [2.24, 2.45) is 7.05 Å². The van der Waals surface area contributed by atoms with Crippen LogP contribution in [0.15, 0.2) is 65.8 Å². The van der Waals surface area contributed by atoms with Crippen LogP contribution in [0.25, 0.3) is 0 Å². The number of aryl methyl sites for hydroxylation is 1. The number of anilines is 3. The first-order valence-electron chi connectivity index (χ1n) is 8.53. The maximum atomic E-state index is 12.6. The summed E-state index contributed by atoms with van der Waals surface area (Å²) >= 11 is 0. The molecule has 1 aromatic heterocycles. The molecule has 0 aliphatic rings. The van der Waals surface area contributed by atoms with E-state index in [4.69, 9.17) is 4.74 Å². The number of esters is 1. The van der Waals surface area contributed by atoms with E-state index in [1.807, 2.05) is 19.3 Å². The number of rotatable bonds is 7. The number of carbonyl (C=O) groups is 1. The van der Waals surface area contributed by atoms with Crippen molar-refractivity contribution in [3.63, 3.8) is 0 Å². The number of sulfonamides is 1. The molecular weight excluding hydrogens is 380 g/mol. The summed E-state index contributed by atoms with van der Waals surface area (Å²) in [6.07, 6.45) is 3.48. The minimum atomic E-state index is -3.80. The third-order valence-corrected chi connectivity index (χ3v) is 5.18. The van der Waals surface area contributed by atoms with Gasteiger partial charge in [-0.05, 0) is 49.4 Å². The number of hydrogen-bond donors (Lipinski definition) is 2. The predicted molar refractivity (Wildman–Crippen MR) is 106 cm³/mol. The van der Waals surface area contributed by atoms with Crippen molar-refractivity contribution >= 4 is 33.1 Å². The maximum Gasteiger partial charge on any atom is 0.338 e. The molecule has 28 heavy (non-hydrogen) atoms. The van der Waals surface area contributed by atoms with Gasteiger partial charge in [0.15, 0.2) is 0 Å². The highest BCUT2D eigenvalue weighted by Crippen LogP contribution is 2.22. The molecule has 0 saturated heterocycles. The Hall–Kier alpha value is -3.33. The molecule has 0 amide bonds. The summed E-state index contributed by atoms with van der Waals surface area (Å²) in [6, 6.07) is 12.5. The lowest BCUT2D eigenvalue weighted by molar-refractivity contribution is 0.0526. The average molecular weight is 400 g/mol. The molecule has 0 spiro atoms. The van der Waals surface area contributed by atoms with Gasteiger partial charge in [-0.25, -0.2) is 13.2 Å². The van der Waals surface area contributed by atoms with Crippen molar-refractivity contribution in [2.45, 2.75) is 11.8 Å². The molecule has 0 atom stereocenters. The summed E-state index contributed by atoms with van der Waals surface area (Å²) in [5.74, 6) is -0.492. The number of ether oxygens (including phenoxy) is 1. The highest BCUT2D eigenvalue weighted by Gasteiger charge is 2.16. The lowest BCUT2D eigenvalue weighted by atomic mass is 10.2. The van der Waals surface area contributed by atoms with Crippen LogP contribution in [-0.4, -0.2) is 30.8 Å². The van der Waals surface area contributed by atoms with E-state index in [9.17, 15) is 13.2 Å². The van der Waals surface area contributed by atoms with E-state index >= 15 is 0 Å². The topological polar surface area (TPSA) is 102 Å². The first-order valence-corrected chi connectivity index (χ1v) is 10.0. The van der Waals surface area contributed by atoms with E-state index in [2.05, 4.69) is 15.1 Å². The van der Waals surface area contributed by atoms with Crippen LogP contribution < -0.4 is 10.0 Å². The maximum absolute atomic E-state index is 12.6. The monoisotopic (exact) mass is 400 g/mol.